The minimum atomic E-state index is 0.595. The van der Waals surface area contributed by atoms with Crippen molar-refractivity contribution in [3.8, 4) is 0 Å². The van der Waals surface area contributed by atoms with Crippen LogP contribution in [0.1, 0.15) is 64.6 Å². The van der Waals surface area contributed by atoms with Gasteiger partial charge >= 0.3 is 0 Å². The lowest BCUT2D eigenvalue weighted by Crippen LogP contribution is -2.32. The summed E-state index contributed by atoms with van der Waals surface area (Å²) in [6.45, 7) is 14.3. The van der Waals surface area contributed by atoms with E-state index in [0.29, 0.717) is 5.92 Å². The van der Waals surface area contributed by atoms with E-state index in [0.717, 1.165) is 12.5 Å². The van der Waals surface area contributed by atoms with Crippen molar-refractivity contribution in [2.75, 3.05) is 13.1 Å². The molecule has 19 heavy (non-hydrogen) atoms. The quantitative estimate of drug-likeness (QED) is 0.799. The Balaban J connectivity index is 0.000000861. The van der Waals surface area contributed by atoms with E-state index in [4.69, 9.17) is 0 Å². The third-order valence-corrected chi connectivity index (χ3v) is 3.77. The monoisotopic (exact) mass is 262 g/mol. The van der Waals surface area contributed by atoms with Crippen molar-refractivity contribution in [3.05, 3.63) is 29.6 Å². The molecule has 0 spiro atoms. The van der Waals surface area contributed by atoms with Gasteiger partial charge in [0.25, 0.3) is 0 Å². The van der Waals surface area contributed by atoms with Crippen molar-refractivity contribution in [1.29, 1.82) is 0 Å². The lowest BCUT2D eigenvalue weighted by Gasteiger charge is -2.29. The summed E-state index contributed by atoms with van der Waals surface area (Å²) in [5.41, 5.74) is 2.63. The first-order chi connectivity index (χ1) is 9.15. The van der Waals surface area contributed by atoms with Crippen molar-refractivity contribution < 1.29 is 0 Å². The smallest absolute Gasteiger partial charge is 0.0546 e. The zero-order valence-electron chi connectivity index (χ0n) is 13.3. The molecule has 1 aliphatic heterocycles. The van der Waals surface area contributed by atoms with Gasteiger partial charge in [-0.25, -0.2) is 0 Å². The summed E-state index contributed by atoms with van der Waals surface area (Å²) in [5.74, 6) is 1.50. The molecule has 1 aliphatic rings. The predicted octanol–water partition coefficient (Wildman–Crippen LogP) is 4.46. The molecule has 1 aromatic rings. The molecule has 2 nitrogen and oxygen atoms in total. The van der Waals surface area contributed by atoms with Crippen LogP contribution in [0.25, 0.3) is 0 Å². The number of rotatable bonds is 3. The largest absolute Gasteiger partial charge is 0.297 e. The molecule has 2 heteroatoms. The van der Waals surface area contributed by atoms with E-state index in [1.807, 2.05) is 20.0 Å². The average Bonchev–Trinajstić information content (AvgIpc) is 2.44. The lowest BCUT2D eigenvalue weighted by molar-refractivity contribution is 0.183. The summed E-state index contributed by atoms with van der Waals surface area (Å²) < 4.78 is 0. The van der Waals surface area contributed by atoms with Gasteiger partial charge in [-0.05, 0) is 55.5 Å². The maximum atomic E-state index is 4.49. The van der Waals surface area contributed by atoms with E-state index in [2.05, 4.69) is 42.8 Å². The highest BCUT2D eigenvalue weighted by Gasteiger charge is 2.16. The topological polar surface area (TPSA) is 16.1 Å². The van der Waals surface area contributed by atoms with Crippen molar-refractivity contribution in [2.24, 2.45) is 5.92 Å². The Kier molecular flexibility index (Phi) is 7.07. The first-order valence-corrected chi connectivity index (χ1v) is 7.82. The van der Waals surface area contributed by atoms with E-state index in [-0.39, 0.29) is 0 Å². The second-order valence-corrected chi connectivity index (χ2v) is 5.69. The minimum Gasteiger partial charge on any atom is -0.297 e. The van der Waals surface area contributed by atoms with E-state index in [9.17, 15) is 0 Å². The van der Waals surface area contributed by atoms with E-state index < -0.39 is 0 Å². The molecule has 0 radical (unpaired) electrons. The Labute approximate surface area is 119 Å². The van der Waals surface area contributed by atoms with Gasteiger partial charge in [-0.3, -0.25) is 9.88 Å². The van der Waals surface area contributed by atoms with Crippen LogP contribution >= 0.6 is 0 Å². The molecule has 2 rings (SSSR count). The number of likely N-dealkylation sites (tertiary alicyclic amines) is 1. The van der Waals surface area contributed by atoms with Gasteiger partial charge in [-0.2, -0.15) is 0 Å². The number of aromatic nitrogens is 1. The van der Waals surface area contributed by atoms with Gasteiger partial charge in [0.1, 0.15) is 0 Å². The second-order valence-electron chi connectivity index (χ2n) is 5.69. The fourth-order valence-corrected chi connectivity index (χ4v) is 2.39. The number of piperidine rings is 1. The average molecular weight is 262 g/mol. The van der Waals surface area contributed by atoms with Crippen LogP contribution in [0.2, 0.25) is 0 Å². The normalized spacial score (nSPS) is 17.2. The molecule has 2 heterocycles. The van der Waals surface area contributed by atoms with Crippen LogP contribution in [0, 0.1) is 5.92 Å². The zero-order chi connectivity index (χ0) is 14.3. The van der Waals surface area contributed by atoms with Crippen LogP contribution in [0.3, 0.4) is 0 Å². The number of hydrogen-bond donors (Lipinski definition) is 0. The Bertz CT molecular complexity index is 352. The van der Waals surface area contributed by atoms with Gasteiger partial charge in [0.05, 0.1) is 5.69 Å². The molecular weight excluding hydrogens is 232 g/mol. The second kappa shape index (κ2) is 8.31. The fourth-order valence-electron chi connectivity index (χ4n) is 2.39. The van der Waals surface area contributed by atoms with Gasteiger partial charge in [0.15, 0.2) is 0 Å². The molecular formula is C17H30N2. The summed E-state index contributed by atoms with van der Waals surface area (Å²) in [4.78, 5) is 7.03. The molecule has 0 amide bonds. The number of nitrogens with zero attached hydrogens (tertiary/aromatic N) is 2. The van der Waals surface area contributed by atoms with E-state index in [1.54, 1.807) is 0 Å². The first-order valence-electron chi connectivity index (χ1n) is 7.82. The highest BCUT2D eigenvalue weighted by molar-refractivity contribution is 5.19. The van der Waals surface area contributed by atoms with Gasteiger partial charge in [-0.1, -0.05) is 34.6 Å². The summed E-state index contributed by atoms with van der Waals surface area (Å²) in [6, 6.07) is 4.40. The van der Waals surface area contributed by atoms with Gasteiger partial charge < -0.3 is 0 Å². The molecule has 1 saturated heterocycles. The summed E-state index contributed by atoms with van der Waals surface area (Å²) in [7, 11) is 0. The summed E-state index contributed by atoms with van der Waals surface area (Å²) in [5, 5.41) is 0. The van der Waals surface area contributed by atoms with Crippen molar-refractivity contribution in [1.82, 2.24) is 9.88 Å². The standard InChI is InChI=1S/C15H24N2.C2H6/c1-12(2)14-4-7-16-15(10-14)11-17-8-5-13(3)6-9-17;1-2/h4,7,10,12-13H,5-6,8-9,11H2,1-3H3;1-2H3. The molecule has 0 aliphatic carbocycles. The number of hydrogen-bond acceptors (Lipinski definition) is 2. The van der Waals surface area contributed by atoms with Crippen molar-refractivity contribution >= 4 is 0 Å². The van der Waals surface area contributed by atoms with Gasteiger partial charge in [-0.15, -0.1) is 0 Å². The lowest BCUT2D eigenvalue weighted by atomic mass is 9.99. The SMILES string of the molecule is CC.CC1CCN(Cc2cc(C(C)C)ccn2)CC1. The highest BCUT2D eigenvalue weighted by atomic mass is 15.1. The summed E-state index contributed by atoms with van der Waals surface area (Å²) in [6.07, 6.45) is 4.63. The fraction of sp³-hybridized carbons (Fsp3) is 0.706. The van der Waals surface area contributed by atoms with E-state index >= 15 is 0 Å². The van der Waals surface area contributed by atoms with Crippen LogP contribution in [0.15, 0.2) is 18.3 Å². The van der Waals surface area contributed by atoms with Gasteiger partial charge in [0.2, 0.25) is 0 Å². The molecule has 1 fully saturated rings. The molecule has 0 unspecified atom stereocenters. The molecule has 0 bridgehead atoms. The first kappa shape index (κ1) is 16.2. The van der Waals surface area contributed by atoms with Crippen molar-refractivity contribution in [2.45, 2.75) is 59.9 Å². The molecule has 108 valence electrons. The van der Waals surface area contributed by atoms with Crippen LogP contribution in [-0.2, 0) is 6.54 Å². The van der Waals surface area contributed by atoms with Gasteiger partial charge in [0, 0.05) is 12.7 Å². The van der Waals surface area contributed by atoms with E-state index in [1.165, 1.54) is 37.2 Å². The molecule has 0 saturated carbocycles. The maximum absolute atomic E-state index is 4.49. The Morgan fingerprint density at radius 2 is 1.89 bits per heavy atom. The third-order valence-electron chi connectivity index (χ3n) is 3.77. The molecule has 0 N–H and O–H groups in total. The molecule has 1 aromatic heterocycles. The van der Waals surface area contributed by atoms with Crippen LogP contribution in [-0.4, -0.2) is 23.0 Å². The molecule has 0 aromatic carbocycles. The Morgan fingerprint density at radius 1 is 1.26 bits per heavy atom. The summed E-state index contributed by atoms with van der Waals surface area (Å²) >= 11 is 0. The molecule has 0 atom stereocenters. The highest BCUT2D eigenvalue weighted by Crippen LogP contribution is 2.19. The Morgan fingerprint density at radius 3 is 2.47 bits per heavy atom. The maximum Gasteiger partial charge on any atom is 0.0546 e. The zero-order valence-corrected chi connectivity index (χ0v) is 13.3. The Hall–Kier alpha value is -0.890. The van der Waals surface area contributed by atoms with Crippen LogP contribution in [0.4, 0.5) is 0 Å². The minimum absolute atomic E-state index is 0.595. The van der Waals surface area contributed by atoms with Crippen LogP contribution in [0.5, 0.6) is 0 Å². The predicted molar refractivity (Wildman–Crippen MR) is 83.3 cm³/mol. The number of pyridine rings is 1. The third kappa shape index (κ3) is 5.32. The van der Waals surface area contributed by atoms with Crippen LogP contribution < -0.4 is 0 Å². The van der Waals surface area contributed by atoms with Crippen molar-refractivity contribution in [3.63, 3.8) is 0 Å².